The third-order valence-electron chi connectivity index (χ3n) is 7.18. The maximum absolute atomic E-state index is 13.4. The predicted octanol–water partition coefficient (Wildman–Crippen LogP) is 5.47. The summed E-state index contributed by atoms with van der Waals surface area (Å²) < 4.78 is 9.14. The van der Waals surface area contributed by atoms with E-state index in [-0.39, 0.29) is 17.9 Å². The first-order valence-corrected chi connectivity index (χ1v) is 13.6. The van der Waals surface area contributed by atoms with E-state index < -0.39 is 5.97 Å². The first-order valence-electron chi connectivity index (χ1n) is 12.6. The normalized spacial score (nSPS) is 19.2. The highest BCUT2D eigenvalue weighted by molar-refractivity contribution is 14.1. The second-order valence-corrected chi connectivity index (χ2v) is 11.0. The van der Waals surface area contributed by atoms with E-state index >= 15 is 0 Å². The van der Waals surface area contributed by atoms with Crippen molar-refractivity contribution in [1.29, 1.82) is 0 Å². The zero-order valence-corrected chi connectivity index (χ0v) is 23.3. The first-order chi connectivity index (χ1) is 17.8. The average Bonchev–Trinajstić information content (AvgIpc) is 3.67. The Morgan fingerprint density at radius 3 is 2.54 bits per heavy atom. The molecule has 0 saturated heterocycles. The molecule has 1 amide bonds. The van der Waals surface area contributed by atoms with Gasteiger partial charge >= 0.3 is 11.9 Å². The van der Waals surface area contributed by atoms with Crippen molar-refractivity contribution in [3.8, 4) is 17.7 Å². The lowest BCUT2D eigenvalue weighted by Gasteiger charge is -2.26. The zero-order valence-electron chi connectivity index (χ0n) is 21.1. The molecular formula is C28H29IN4O4. The fourth-order valence-electron chi connectivity index (χ4n) is 4.98. The van der Waals surface area contributed by atoms with Gasteiger partial charge in [-0.2, -0.15) is 0 Å². The number of nitrogens with zero attached hydrogens (tertiary/aromatic N) is 4. The minimum atomic E-state index is -0.746. The maximum Gasteiger partial charge on any atom is 0.308 e. The molecule has 0 spiro atoms. The Balaban J connectivity index is 1.55. The van der Waals surface area contributed by atoms with E-state index in [2.05, 4.69) is 51.7 Å². The van der Waals surface area contributed by atoms with E-state index in [0.717, 1.165) is 35.2 Å². The fraction of sp³-hybridized carbons (Fsp3) is 0.429. The molecule has 3 aromatic rings. The smallest absolute Gasteiger partial charge is 0.308 e. The Labute approximate surface area is 229 Å². The molecule has 2 fully saturated rings. The maximum atomic E-state index is 13.4. The summed E-state index contributed by atoms with van der Waals surface area (Å²) in [4.78, 5) is 31.2. The molecule has 37 heavy (non-hydrogen) atoms. The monoisotopic (exact) mass is 612 g/mol. The topological polar surface area (TPSA) is 97.6 Å². The van der Waals surface area contributed by atoms with Gasteiger partial charge in [-0.15, -0.1) is 5.10 Å². The molecular weight excluding hydrogens is 583 g/mol. The van der Waals surface area contributed by atoms with Crippen LogP contribution in [0.5, 0.6) is 5.88 Å². The number of aliphatic carboxylic acids is 1. The summed E-state index contributed by atoms with van der Waals surface area (Å²) in [6.45, 7) is 3.69. The van der Waals surface area contributed by atoms with Crippen LogP contribution in [-0.2, 0) is 16.6 Å². The number of halogens is 1. The molecule has 0 radical (unpaired) electrons. The Bertz CT molecular complexity index is 1440. The summed E-state index contributed by atoms with van der Waals surface area (Å²) in [7, 11) is 1.83. The molecule has 0 unspecified atom stereocenters. The fourth-order valence-corrected chi connectivity index (χ4v) is 5.47. The summed E-state index contributed by atoms with van der Waals surface area (Å²) in [5.41, 5.74) is 4.40. The summed E-state index contributed by atoms with van der Waals surface area (Å²) in [6.07, 6.45) is 4.55. The number of carboxylic acid groups (broad SMARTS) is 1. The van der Waals surface area contributed by atoms with E-state index in [1.165, 1.54) is 3.57 Å². The van der Waals surface area contributed by atoms with Gasteiger partial charge in [0.25, 0.3) is 5.88 Å². The third kappa shape index (κ3) is 5.17. The number of anilines is 2. The van der Waals surface area contributed by atoms with Crippen LogP contribution >= 0.6 is 22.6 Å². The van der Waals surface area contributed by atoms with Gasteiger partial charge in [0, 0.05) is 10.6 Å². The molecule has 0 atom stereocenters. The number of pyridine rings is 1. The van der Waals surface area contributed by atoms with Crippen LogP contribution in [0.15, 0.2) is 24.3 Å². The molecule has 0 bridgehead atoms. The summed E-state index contributed by atoms with van der Waals surface area (Å²) >= 11 is 2.34. The van der Waals surface area contributed by atoms with Gasteiger partial charge < -0.3 is 9.84 Å². The lowest BCUT2D eigenvalue weighted by atomic mass is 9.87. The Morgan fingerprint density at radius 2 is 1.89 bits per heavy atom. The van der Waals surface area contributed by atoms with Gasteiger partial charge in [0.1, 0.15) is 11.9 Å². The molecule has 2 aliphatic carbocycles. The predicted molar refractivity (Wildman–Crippen MR) is 149 cm³/mol. The van der Waals surface area contributed by atoms with Gasteiger partial charge in [-0.1, -0.05) is 5.92 Å². The van der Waals surface area contributed by atoms with Crippen molar-refractivity contribution in [3.05, 3.63) is 39.0 Å². The number of aromatic nitrogens is 3. The van der Waals surface area contributed by atoms with Crippen molar-refractivity contribution in [2.24, 2.45) is 13.0 Å². The second kappa shape index (κ2) is 10.3. The molecule has 2 aromatic heterocycles. The van der Waals surface area contributed by atoms with Crippen molar-refractivity contribution in [3.63, 3.8) is 0 Å². The Hall–Kier alpha value is -3.13. The van der Waals surface area contributed by atoms with Gasteiger partial charge in [-0.25, -0.2) is 4.98 Å². The van der Waals surface area contributed by atoms with Crippen molar-refractivity contribution in [1.82, 2.24) is 14.8 Å². The highest BCUT2D eigenvalue weighted by Crippen LogP contribution is 2.47. The highest BCUT2D eigenvalue weighted by Gasteiger charge is 2.32. The molecule has 0 aliphatic heterocycles. The van der Waals surface area contributed by atoms with Crippen molar-refractivity contribution >= 4 is 57.0 Å². The number of hydrogen-bond acceptors (Lipinski definition) is 5. The Kier molecular flexibility index (Phi) is 7.12. The number of amides is 1. The number of rotatable bonds is 6. The Morgan fingerprint density at radius 1 is 1.16 bits per heavy atom. The van der Waals surface area contributed by atoms with Crippen LogP contribution in [0, 0.1) is 28.3 Å². The van der Waals surface area contributed by atoms with Crippen LogP contribution in [0.4, 0.5) is 11.5 Å². The van der Waals surface area contributed by atoms with E-state index in [4.69, 9.17) is 9.72 Å². The molecule has 9 heteroatoms. The average molecular weight is 612 g/mol. The molecule has 1 N–H and O–H groups in total. The van der Waals surface area contributed by atoms with Gasteiger partial charge in [0.2, 0.25) is 0 Å². The number of hydrogen-bond donors (Lipinski definition) is 1. The second-order valence-electron chi connectivity index (χ2n) is 9.85. The largest absolute Gasteiger partial charge is 0.481 e. The molecule has 192 valence electrons. The van der Waals surface area contributed by atoms with Crippen LogP contribution < -0.4 is 9.64 Å². The minimum absolute atomic E-state index is 0.122. The van der Waals surface area contributed by atoms with Crippen LogP contribution in [0.1, 0.15) is 62.5 Å². The van der Waals surface area contributed by atoms with Crippen LogP contribution in [0.25, 0.3) is 11.0 Å². The summed E-state index contributed by atoms with van der Waals surface area (Å²) in [5, 5.41) is 13.9. The van der Waals surface area contributed by atoms with Crippen molar-refractivity contribution < 1.29 is 19.4 Å². The molecule has 2 aliphatic rings. The van der Waals surface area contributed by atoms with E-state index in [0.29, 0.717) is 48.8 Å². The quantitative estimate of drug-likeness (QED) is 0.293. The number of aryl methyl sites for hydroxylation is 2. The van der Waals surface area contributed by atoms with Crippen LogP contribution in [0.3, 0.4) is 0 Å². The lowest BCUT2D eigenvalue weighted by molar-refractivity contribution is -0.143. The summed E-state index contributed by atoms with van der Waals surface area (Å²) in [5.74, 6) is 5.34. The van der Waals surface area contributed by atoms with Gasteiger partial charge in [0.05, 0.1) is 17.1 Å². The van der Waals surface area contributed by atoms with Crippen LogP contribution in [0.2, 0.25) is 0 Å². The number of benzene rings is 1. The molecule has 5 rings (SSSR count). The van der Waals surface area contributed by atoms with Gasteiger partial charge in [0.15, 0.2) is 5.52 Å². The van der Waals surface area contributed by atoms with Crippen molar-refractivity contribution in [2.45, 2.75) is 64.4 Å². The van der Waals surface area contributed by atoms with E-state index in [1.807, 2.05) is 26.1 Å². The van der Waals surface area contributed by atoms with Crippen LogP contribution in [-0.4, -0.2) is 37.9 Å². The molecule has 2 heterocycles. The molecule has 1 aromatic carbocycles. The minimum Gasteiger partial charge on any atom is -0.481 e. The SMILES string of the molecule is CC#CC(=O)N(c1ccc2c(n1)c(OC1CCC(C(=O)O)CC1)nn2C)c1cc(C)c(I)cc1C1CC1. The highest BCUT2D eigenvalue weighted by atomic mass is 127. The van der Waals surface area contributed by atoms with Crippen molar-refractivity contribution in [2.75, 3.05) is 4.90 Å². The molecule has 8 nitrogen and oxygen atoms in total. The number of carbonyl (C=O) groups excluding carboxylic acids is 1. The molecule has 2 saturated carbocycles. The summed E-state index contributed by atoms with van der Waals surface area (Å²) in [6, 6.07) is 7.95. The first kappa shape index (κ1) is 25.5. The standard InChI is InChI=1S/C28H29IN4O4/c1-4-5-25(34)33(23-14-16(2)21(29)15-20(23)17-6-7-17)24-13-12-22-26(30-24)27(31-32(22)3)37-19-10-8-18(9-11-19)28(35)36/h12-15,17-19H,6-11H2,1-3H3,(H,35,36). The third-order valence-corrected chi connectivity index (χ3v) is 8.35. The number of ether oxygens (including phenoxy) is 1. The number of carbonyl (C=O) groups is 2. The van der Waals surface area contributed by atoms with Gasteiger partial charge in [-0.3, -0.25) is 19.2 Å². The van der Waals surface area contributed by atoms with E-state index in [1.54, 1.807) is 16.5 Å². The zero-order chi connectivity index (χ0) is 26.3. The van der Waals surface area contributed by atoms with Gasteiger partial charge in [-0.05, 0) is 122 Å². The number of carboxylic acids is 1. The number of fused-ring (bicyclic) bond motifs is 1. The van der Waals surface area contributed by atoms with E-state index in [9.17, 15) is 14.7 Å². The lowest BCUT2D eigenvalue weighted by Crippen LogP contribution is -2.28.